The number of hydrogen-bond donors (Lipinski definition) is 1. The first-order chi connectivity index (χ1) is 10.7. The van der Waals surface area contributed by atoms with Gasteiger partial charge in [0.25, 0.3) is 0 Å². The molecular formula is C18H13NO3. The minimum Gasteiger partial charge on any atom is -0.478 e. The largest absolute Gasteiger partial charge is 0.478 e. The molecule has 2 aromatic carbocycles. The highest BCUT2D eigenvalue weighted by atomic mass is 16.5. The van der Waals surface area contributed by atoms with Gasteiger partial charge in [0.15, 0.2) is 0 Å². The number of rotatable bonds is 4. The molecule has 0 spiro atoms. The molecule has 4 nitrogen and oxygen atoms in total. The van der Waals surface area contributed by atoms with Gasteiger partial charge in [0.1, 0.15) is 11.5 Å². The summed E-state index contributed by atoms with van der Waals surface area (Å²) >= 11 is 0. The fourth-order valence-corrected chi connectivity index (χ4v) is 2.01. The molecule has 1 heterocycles. The monoisotopic (exact) mass is 291 g/mol. The van der Waals surface area contributed by atoms with Crippen LogP contribution in [-0.2, 0) is 0 Å². The van der Waals surface area contributed by atoms with Crippen molar-refractivity contribution in [1.82, 2.24) is 4.98 Å². The number of aromatic carboxylic acids is 1. The molecule has 0 aliphatic carbocycles. The lowest BCUT2D eigenvalue weighted by Crippen LogP contribution is -1.97. The van der Waals surface area contributed by atoms with Crippen LogP contribution in [0.2, 0.25) is 0 Å². The second-order valence-electron chi connectivity index (χ2n) is 4.68. The van der Waals surface area contributed by atoms with E-state index in [0.717, 1.165) is 22.8 Å². The Morgan fingerprint density at radius 1 is 0.864 bits per heavy atom. The number of para-hydroxylation sites is 1. The van der Waals surface area contributed by atoms with Gasteiger partial charge in [0.05, 0.1) is 11.3 Å². The zero-order valence-electron chi connectivity index (χ0n) is 11.6. The second kappa shape index (κ2) is 6.10. The fourth-order valence-electron chi connectivity index (χ4n) is 2.01. The van der Waals surface area contributed by atoms with Crippen molar-refractivity contribution in [3.8, 4) is 22.8 Å². The number of aromatic nitrogens is 1. The minimum absolute atomic E-state index is 0.174. The molecule has 0 amide bonds. The lowest BCUT2D eigenvalue weighted by molar-refractivity contribution is 0.0696. The SMILES string of the molecule is O=C(O)c1ccc(-c2ccc(Oc3ccccc3)cc2)nc1. The van der Waals surface area contributed by atoms with E-state index in [0.29, 0.717) is 0 Å². The Hall–Kier alpha value is -3.14. The summed E-state index contributed by atoms with van der Waals surface area (Å²) in [6, 6.07) is 20.3. The van der Waals surface area contributed by atoms with Gasteiger partial charge < -0.3 is 9.84 Å². The van der Waals surface area contributed by atoms with E-state index >= 15 is 0 Å². The van der Waals surface area contributed by atoms with E-state index in [9.17, 15) is 4.79 Å². The number of carboxylic acids is 1. The molecule has 0 aliphatic heterocycles. The van der Waals surface area contributed by atoms with Gasteiger partial charge >= 0.3 is 5.97 Å². The number of ether oxygens (including phenoxy) is 1. The van der Waals surface area contributed by atoms with Gasteiger partial charge in [-0.1, -0.05) is 18.2 Å². The molecule has 0 unspecified atom stereocenters. The topological polar surface area (TPSA) is 59.4 Å². The maximum Gasteiger partial charge on any atom is 0.337 e. The summed E-state index contributed by atoms with van der Waals surface area (Å²) < 4.78 is 5.72. The van der Waals surface area contributed by atoms with E-state index in [2.05, 4.69) is 4.98 Å². The molecule has 0 saturated carbocycles. The zero-order chi connectivity index (χ0) is 15.4. The molecule has 0 saturated heterocycles. The van der Waals surface area contributed by atoms with Crippen LogP contribution < -0.4 is 4.74 Å². The van der Waals surface area contributed by atoms with Crippen LogP contribution in [0.4, 0.5) is 0 Å². The Balaban J connectivity index is 1.77. The van der Waals surface area contributed by atoms with Crippen LogP contribution in [0.25, 0.3) is 11.3 Å². The van der Waals surface area contributed by atoms with E-state index < -0.39 is 5.97 Å². The molecule has 3 aromatic rings. The van der Waals surface area contributed by atoms with Gasteiger partial charge in [0, 0.05) is 11.8 Å². The summed E-state index contributed by atoms with van der Waals surface area (Å²) in [5, 5.41) is 8.87. The van der Waals surface area contributed by atoms with Crippen molar-refractivity contribution in [3.05, 3.63) is 78.5 Å². The van der Waals surface area contributed by atoms with E-state index in [-0.39, 0.29) is 5.56 Å². The lowest BCUT2D eigenvalue weighted by atomic mass is 10.1. The first kappa shape index (κ1) is 13.8. The number of hydrogen-bond acceptors (Lipinski definition) is 3. The van der Waals surface area contributed by atoms with Crippen LogP contribution in [0.3, 0.4) is 0 Å². The Morgan fingerprint density at radius 2 is 1.55 bits per heavy atom. The summed E-state index contributed by atoms with van der Waals surface area (Å²) in [5.41, 5.74) is 1.79. The van der Waals surface area contributed by atoms with E-state index in [1.54, 1.807) is 12.1 Å². The van der Waals surface area contributed by atoms with Gasteiger partial charge in [-0.2, -0.15) is 0 Å². The molecule has 0 radical (unpaired) electrons. The maximum atomic E-state index is 10.8. The van der Waals surface area contributed by atoms with Gasteiger partial charge in [-0.3, -0.25) is 4.98 Å². The summed E-state index contributed by atoms with van der Waals surface area (Å²) in [7, 11) is 0. The van der Waals surface area contributed by atoms with Crippen LogP contribution in [-0.4, -0.2) is 16.1 Å². The molecule has 0 bridgehead atoms. The predicted molar refractivity (Wildman–Crippen MR) is 83.1 cm³/mol. The van der Waals surface area contributed by atoms with Gasteiger partial charge in [-0.05, 0) is 48.5 Å². The first-order valence-corrected chi connectivity index (χ1v) is 6.75. The van der Waals surface area contributed by atoms with Crippen molar-refractivity contribution in [1.29, 1.82) is 0 Å². The average molecular weight is 291 g/mol. The van der Waals surface area contributed by atoms with Gasteiger partial charge in [-0.25, -0.2) is 4.79 Å². The smallest absolute Gasteiger partial charge is 0.337 e. The molecule has 108 valence electrons. The Kier molecular flexibility index (Phi) is 3.83. The standard InChI is InChI=1S/C18H13NO3/c20-18(21)14-8-11-17(19-12-14)13-6-9-16(10-7-13)22-15-4-2-1-3-5-15/h1-12H,(H,20,21). The normalized spacial score (nSPS) is 10.2. The van der Waals surface area contributed by atoms with Crippen LogP contribution >= 0.6 is 0 Å². The number of carbonyl (C=O) groups is 1. The third kappa shape index (κ3) is 3.12. The molecule has 1 aromatic heterocycles. The highest BCUT2D eigenvalue weighted by molar-refractivity contribution is 5.87. The summed E-state index contributed by atoms with van der Waals surface area (Å²) in [5.74, 6) is 0.530. The van der Waals surface area contributed by atoms with Gasteiger partial charge in [0.2, 0.25) is 0 Å². The van der Waals surface area contributed by atoms with Crippen molar-refractivity contribution in [3.63, 3.8) is 0 Å². The molecular weight excluding hydrogens is 278 g/mol. The summed E-state index contributed by atoms with van der Waals surface area (Å²) in [6.45, 7) is 0. The molecule has 4 heteroatoms. The zero-order valence-corrected chi connectivity index (χ0v) is 11.6. The van der Waals surface area contributed by atoms with Crippen LogP contribution in [0.5, 0.6) is 11.5 Å². The molecule has 3 rings (SSSR count). The Bertz CT molecular complexity index is 766. The van der Waals surface area contributed by atoms with E-state index in [4.69, 9.17) is 9.84 Å². The Labute approximate surface area is 127 Å². The van der Waals surface area contributed by atoms with Crippen LogP contribution in [0.1, 0.15) is 10.4 Å². The molecule has 1 N–H and O–H groups in total. The number of nitrogens with zero attached hydrogens (tertiary/aromatic N) is 1. The number of pyridine rings is 1. The maximum absolute atomic E-state index is 10.8. The average Bonchev–Trinajstić information content (AvgIpc) is 2.57. The fraction of sp³-hybridized carbons (Fsp3) is 0. The van der Waals surface area contributed by atoms with E-state index in [1.165, 1.54) is 6.20 Å². The highest BCUT2D eigenvalue weighted by Gasteiger charge is 2.05. The van der Waals surface area contributed by atoms with Crippen molar-refractivity contribution in [2.24, 2.45) is 0 Å². The number of benzene rings is 2. The lowest BCUT2D eigenvalue weighted by Gasteiger charge is -2.06. The quantitative estimate of drug-likeness (QED) is 0.781. The Morgan fingerprint density at radius 3 is 2.14 bits per heavy atom. The number of carboxylic acid groups (broad SMARTS) is 1. The van der Waals surface area contributed by atoms with E-state index in [1.807, 2.05) is 54.6 Å². The second-order valence-corrected chi connectivity index (χ2v) is 4.68. The first-order valence-electron chi connectivity index (χ1n) is 6.75. The minimum atomic E-state index is -0.981. The molecule has 0 atom stereocenters. The van der Waals surface area contributed by atoms with Gasteiger partial charge in [-0.15, -0.1) is 0 Å². The summed E-state index contributed by atoms with van der Waals surface area (Å²) in [4.78, 5) is 15.0. The molecule has 22 heavy (non-hydrogen) atoms. The van der Waals surface area contributed by atoms with Crippen molar-refractivity contribution >= 4 is 5.97 Å². The third-order valence-electron chi connectivity index (χ3n) is 3.14. The molecule has 0 aliphatic rings. The predicted octanol–water partition coefficient (Wildman–Crippen LogP) is 4.24. The van der Waals surface area contributed by atoms with Crippen molar-refractivity contribution in [2.45, 2.75) is 0 Å². The summed E-state index contributed by atoms with van der Waals surface area (Å²) in [6.07, 6.45) is 1.35. The molecule has 0 fully saturated rings. The van der Waals surface area contributed by atoms with Crippen LogP contribution in [0.15, 0.2) is 72.9 Å². The van der Waals surface area contributed by atoms with Crippen molar-refractivity contribution in [2.75, 3.05) is 0 Å². The highest BCUT2D eigenvalue weighted by Crippen LogP contribution is 2.24. The van der Waals surface area contributed by atoms with Crippen LogP contribution in [0, 0.1) is 0 Å². The van der Waals surface area contributed by atoms with Crippen molar-refractivity contribution < 1.29 is 14.6 Å². The third-order valence-corrected chi connectivity index (χ3v) is 3.14.